The first-order valence-corrected chi connectivity index (χ1v) is 26.5. The molecule has 308 valence electrons. The molecular formula is C40H28BF15Si3. The van der Waals surface area contributed by atoms with Crippen molar-refractivity contribution in [1.82, 2.24) is 0 Å². The Hall–Kier alpha value is -4.75. The zero-order valence-electron chi connectivity index (χ0n) is 31.5. The van der Waals surface area contributed by atoms with Gasteiger partial charge in [-0.05, 0) is 15.9 Å². The van der Waals surface area contributed by atoms with Crippen LogP contribution in [-0.4, -0.2) is 30.9 Å². The maximum atomic E-state index is 16.6. The van der Waals surface area contributed by atoms with E-state index in [4.69, 9.17) is 0 Å². The fourth-order valence-electron chi connectivity index (χ4n) is 8.35. The van der Waals surface area contributed by atoms with E-state index < -0.39 is 146 Å². The topological polar surface area (TPSA) is 0 Å². The summed E-state index contributed by atoms with van der Waals surface area (Å²) in [6.45, 7) is 5.74. The average molecular weight is 889 g/mol. The van der Waals surface area contributed by atoms with Gasteiger partial charge in [-0.15, -0.1) is 0 Å². The minimum atomic E-state index is -4.59. The third kappa shape index (κ3) is 6.45. The molecule has 0 nitrogen and oxygen atoms in total. The van der Waals surface area contributed by atoms with Crippen LogP contribution >= 0.6 is 0 Å². The minimum absolute atomic E-state index is 0.129. The third-order valence-corrected chi connectivity index (χ3v) is 25.0. The van der Waals surface area contributed by atoms with E-state index in [9.17, 15) is 13.2 Å². The molecule has 0 fully saturated rings. The number of hydrogen-bond acceptors (Lipinski definition) is 0. The molecule has 0 saturated heterocycles. The van der Waals surface area contributed by atoms with Crippen molar-refractivity contribution >= 4 is 57.8 Å². The van der Waals surface area contributed by atoms with Crippen LogP contribution in [0.1, 0.15) is 5.56 Å². The van der Waals surface area contributed by atoms with Crippen molar-refractivity contribution in [2.24, 2.45) is 0 Å². The number of allylic oxidation sites excluding steroid dienone is 2. The largest absolute Gasteiger partial charge is 0.257 e. The van der Waals surface area contributed by atoms with Gasteiger partial charge >= 0.3 is 0 Å². The number of halogens is 15. The Balaban J connectivity index is 2.13. The van der Waals surface area contributed by atoms with Crippen LogP contribution in [0, 0.1) is 87.3 Å². The van der Waals surface area contributed by atoms with E-state index in [-0.39, 0.29) is 20.0 Å². The fraction of sp³-hybridized carbons (Fsp3) is 0.150. The summed E-state index contributed by atoms with van der Waals surface area (Å²) in [6.07, 6.45) is 0. The summed E-state index contributed by atoms with van der Waals surface area (Å²) in [6, 6.07) is 15.1. The van der Waals surface area contributed by atoms with Crippen LogP contribution < -0.4 is 21.3 Å². The molecule has 0 atom stereocenters. The summed E-state index contributed by atoms with van der Waals surface area (Å²) in [7, 11) is -12.0. The van der Waals surface area contributed by atoms with Gasteiger partial charge in [0.2, 0.25) is 5.82 Å². The fourth-order valence-corrected chi connectivity index (χ4v) is 26.7. The average Bonchev–Trinajstić information content (AvgIpc) is 3.53. The van der Waals surface area contributed by atoms with Crippen molar-refractivity contribution < 1.29 is 65.9 Å². The van der Waals surface area contributed by atoms with Gasteiger partial charge in [-0.3, -0.25) is 0 Å². The highest BCUT2D eigenvalue weighted by molar-refractivity contribution is 7.30. The van der Waals surface area contributed by atoms with Crippen molar-refractivity contribution in [2.45, 2.75) is 39.3 Å². The molecule has 19 heteroatoms. The Morgan fingerprint density at radius 3 is 0.915 bits per heavy atom. The van der Waals surface area contributed by atoms with E-state index in [0.717, 1.165) is 0 Å². The first-order chi connectivity index (χ1) is 27.4. The molecule has 0 radical (unpaired) electrons. The van der Waals surface area contributed by atoms with E-state index in [2.05, 4.69) is 0 Å². The van der Waals surface area contributed by atoms with Crippen LogP contribution in [0.15, 0.2) is 75.8 Å². The van der Waals surface area contributed by atoms with Crippen molar-refractivity contribution in [2.75, 3.05) is 0 Å². The molecule has 0 unspecified atom stereocenters. The summed E-state index contributed by atoms with van der Waals surface area (Å²) in [4.78, 5) is -0.313. The number of rotatable bonds is 8. The van der Waals surface area contributed by atoms with Gasteiger partial charge in [-0.1, -0.05) is 115 Å². The maximum Gasteiger partial charge on any atom is 0.257 e. The predicted octanol–water partition coefficient (Wildman–Crippen LogP) is 9.78. The molecule has 5 aromatic carbocycles. The normalized spacial score (nSPS) is 14.5. The Morgan fingerprint density at radius 2 is 0.627 bits per heavy atom. The van der Waals surface area contributed by atoms with E-state index in [0.29, 0.717) is 0 Å². The Kier molecular flexibility index (Phi) is 11.2. The smallest absolute Gasteiger partial charge is 0.204 e. The third-order valence-electron chi connectivity index (χ3n) is 10.3. The molecule has 1 aliphatic rings. The minimum Gasteiger partial charge on any atom is -0.204 e. The molecule has 0 bridgehead atoms. The monoisotopic (exact) mass is 888 g/mol. The van der Waals surface area contributed by atoms with Gasteiger partial charge in [-0.25, -0.2) is 65.9 Å². The molecule has 0 N–H and O–H groups in total. The summed E-state index contributed by atoms with van der Waals surface area (Å²) in [5.74, 6) is -40.9. The lowest BCUT2D eigenvalue weighted by Crippen LogP contribution is -2.68. The molecule has 6 rings (SSSR count). The highest BCUT2D eigenvalue weighted by Crippen LogP contribution is 2.52. The van der Waals surface area contributed by atoms with E-state index in [1.54, 1.807) is 31.8 Å². The van der Waals surface area contributed by atoms with Crippen molar-refractivity contribution in [1.29, 1.82) is 0 Å². The lowest BCUT2D eigenvalue weighted by molar-refractivity contribution is 0.376. The SMILES string of the molecule is C[Si](C)(C)C1=C(B(c2c(F)c(F)c(F)c(F)c2F)c2c(F)c(F)c(F)c(F)c2F)C(c2c(F)c(F)c(F)c(F)c2F)=C([Si](C)(C)C)[Si]1(c1ccccc1)c1ccccc1. The zero-order chi connectivity index (χ0) is 44.0. The summed E-state index contributed by atoms with van der Waals surface area (Å²) in [5.41, 5.74) is -8.53. The molecule has 0 amide bonds. The van der Waals surface area contributed by atoms with Crippen molar-refractivity contribution in [3.05, 3.63) is 169 Å². The van der Waals surface area contributed by atoms with Gasteiger partial charge in [0.15, 0.2) is 89.5 Å². The summed E-state index contributed by atoms with van der Waals surface area (Å²) >= 11 is 0. The molecule has 1 aliphatic heterocycles. The van der Waals surface area contributed by atoms with Crippen LogP contribution in [0.3, 0.4) is 0 Å². The first-order valence-electron chi connectivity index (χ1n) is 17.5. The van der Waals surface area contributed by atoms with Crippen LogP contribution in [0.5, 0.6) is 0 Å². The Bertz CT molecular complexity index is 2440. The van der Waals surface area contributed by atoms with Crippen LogP contribution in [0.4, 0.5) is 65.9 Å². The first kappa shape index (κ1) is 43.8. The zero-order valence-corrected chi connectivity index (χ0v) is 34.5. The molecule has 0 aromatic heterocycles. The maximum absolute atomic E-state index is 16.6. The van der Waals surface area contributed by atoms with Crippen LogP contribution in [0.25, 0.3) is 5.57 Å². The second-order valence-corrected chi connectivity index (χ2v) is 30.5. The summed E-state index contributed by atoms with van der Waals surface area (Å²) in [5, 5.41) is 0.511. The molecular weight excluding hydrogens is 860 g/mol. The second-order valence-electron chi connectivity index (χ2n) is 15.9. The van der Waals surface area contributed by atoms with Crippen molar-refractivity contribution in [3.8, 4) is 0 Å². The van der Waals surface area contributed by atoms with E-state index in [1.165, 1.54) is 68.2 Å². The molecule has 59 heavy (non-hydrogen) atoms. The standard InChI is InChI=1S/C40H28BF15Si3/c1-57(2,3)39-19(20-24(42)30(48)36(54)31(49)25(20)43)21(40(58(4,5)6)59(39,17-13-9-7-10-14-17)18-15-11-8-12-16-18)41(22-26(44)32(50)37(55)33(51)27(22)45)23-28(46)34(52)38(56)35(53)29(23)47/h7-16H,1-6H3. The van der Waals surface area contributed by atoms with Gasteiger partial charge in [0.1, 0.15) is 0 Å². The Labute approximate surface area is 330 Å². The highest BCUT2D eigenvalue weighted by atomic mass is 28.4. The van der Waals surface area contributed by atoms with Gasteiger partial charge in [0.25, 0.3) is 6.71 Å². The van der Waals surface area contributed by atoms with E-state index in [1.807, 2.05) is 0 Å². The van der Waals surface area contributed by atoms with Crippen LogP contribution in [-0.2, 0) is 0 Å². The molecule has 5 aromatic rings. The quantitative estimate of drug-likeness (QED) is 0.0631. The van der Waals surface area contributed by atoms with Gasteiger partial charge < -0.3 is 0 Å². The molecule has 1 heterocycles. The lowest BCUT2D eigenvalue weighted by Gasteiger charge is -2.44. The second kappa shape index (κ2) is 15.1. The Morgan fingerprint density at radius 1 is 0.356 bits per heavy atom. The lowest BCUT2D eigenvalue weighted by atomic mass is 9.34. The molecule has 0 aliphatic carbocycles. The van der Waals surface area contributed by atoms with Crippen LogP contribution in [0.2, 0.25) is 39.3 Å². The molecule has 0 spiro atoms. The number of hydrogen-bond donors (Lipinski definition) is 0. The molecule has 0 saturated carbocycles. The van der Waals surface area contributed by atoms with Crippen molar-refractivity contribution in [3.63, 3.8) is 0 Å². The summed E-state index contributed by atoms with van der Waals surface area (Å²) < 4.78 is 236. The van der Waals surface area contributed by atoms with Gasteiger partial charge in [-0.2, -0.15) is 0 Å². The van der Waals surface area contributed by atoms with Gasteiger partial charge in [0.05, 0.1) is 21.7 Å². The van der Waals surface area contributed by atoms with Gasteiger partial charge in [0, 0.05) is 10.9 Å². The predicted molar refractivity (Wildman–Crippen MR) is 202 cm³/mol. The number of benzene rings is 5. The van der Waals surface area contributed by atoms with E-state index >= 15 is 52.7 Å². The highest BCUT2D eigenvalue weighted by Gasteiger charge is 2.61.